The lowest BCUT2D eigenvalue weighted by Gasteiger charge is -2.31. The van der Waals surface area contributed by atoms with Crippen LogP contribution >= 0.6 is 22.9 Å². The highest BCUT2D eigenvalue weighted by molar-refractivity contribution is 7.09. The lowest BCUT2D eigenvalue weighted by molar-refractivity contribution is -0.154. The zero-order valence-corrected chi connectivity index (χ0v) is 15.1. The van der Waals surface area contributed by atoms with E-state index in [2.05, 4.69) is 14.7 Å². The van der Waals surface area contributed by atoms with Crippen molar-refractivity contribution in [2.75, 3.05) is 19.7 Å². The van der Waals surface area contributed by atoms with Crippen LogP contribution in [0.3, 0.4) is 0 Å². The molecule has 1 amide bonds. The third-order valence-electron chi connectivity index (χ3n) is 3.94. The van der Waals surface area contributed by atoms with E-state index in [0.717, 1.165) is 17.8 Å². The minimum absolute atomic E-state index is 0.131. The van der Waals surface area contributed by atoms with Crippen LogP contribution in [0.25, 0.3) is 0 Å². The Bertz CT molecular complexity index is 771. The number of hydrogen-bond acceptors (Lipinski definition) is 5. The Labute approximate surface area is 156 Å². The molecule has 3 heterocycles. The van der Waals surface area contributed by atoms with E-state index in [-0.39, 0.29) is 28.3 Å². The molecule has 0 radical (unpaired) electrons. The summed E-state index contributed by atoms with van der Waals surface area (Å²) in [7, 11) is 0. The largest absolute Gasteiger partial charge is 0.467 e. The van der Waals surface area contributed by atoms with Gasteiger partial charge in [0.05, 0.1) is 10.6 Å². The minimum atomic E-state index is -4.49. The number of likely N-dealkylation sites (tertiary alicyclic amines) is 1. The molecule has 10 heteroatoms. The van der Waals surface area contributed by atoms with Crippen molar-refractivity contribution in [1.29, 1.82) is 0 Å². The van der Waals surface area contributed by atoms with Crippen LogP contribution in [-0.4, -0.2) is 46.6 Å². The zero-order chi connectivity index (χ0) is 18.7. The molecule has 2 aromatic rings. The first-order valence-electron chi connectivity index (χ1n) is 7.87. The number of halogens is 4. The second kappa shape index (κ2) is 7.79. The van der Waals surface area contributed by atoms with E-state index in [1.807, 2.05) is 5.38 Å². The quantitative estimate of drug-likeness (QED) is 0.766. The molecule has 1 unspecified atom stereocenters. The Hall–Kier alpha value is -1.87. The number of hydrogen-bond donors (Lipinski definition) is 0. The van der Waals surface area contributed by atoms with Gasteiger partial charge in [-0.2, -0.15) is 13.2 Å². The van der Waals surface area contributed by atoms with Gasteiger partial charge in [-0.3, -0.25) is 4.79 Å². The van der Waals surface area contributed by atoms with Gasteiger partial charge in [0.15, 0.2) is 6.61 Å². The van der Waals surface area contributed by atoms with Crippen molar-refractivity contribution in [3.63, 3.8) is 0 Å². The fourth-order valence-corrected chi connectivity index (χ4v) is 3.77. The Morgan fingerprint density at radius 3 is 2.88 bits per heavy atom. The number of aromatic nitrogens is 2. The highest BCUT2D eigenvalue weighted by Gasteiger charge is 2.30. The Balaban J connectivity index is 1.68. The first-order chi connectivity index (χ1) is 12.3. The van der Waals surface area contributed by atoms with Crippen LogP contribution < -0.4 is 4.74 Å². The van der Waals surface area contributed by atoms with Gasteiger partial charge in [0.25, 0.3) is 5.91 Å². The van der Waals surface area contributed by atoms with E-state index in [0.29, 0.717) is 13.1 Å². The van der Waals surface area contributed by atoms with Gasteiger partial charge in [-0.1, -0.05) is 11.6 Å². The molecule has 0 aliphatic carbocycles. The topological polar surface area (TPSA) is 55.3 Å². The number of carbonyl (C=O) groups is 1. The van der Waals surface area contributed by atoms with Crippen LogP contribution in [0.4, 0.5) is 13.2 Å². The molecule has 0 bridgehead atoms. The van der Waals surface area contributed by atoms with Crippen molar-refractivity contribution in [3.05, 3.63) is 39.4 Å². The number of amides is 1. The van der Waals surface area contributed by atoms with Crippen molar-refractivity contribution in [2.24, 2.45) is 0 Å². The number of thiazole rings is 1. The fraction of sp³-hybridized carbons (Fsp3) is 0.438. The molecule has 1 aliphatic rings. The zero-order valence-electron chi connectivity index (χ0n) is 13.5. The third-order valence-corrected chi connectivity index (χ3v) is 5.14. The van der Waals surface area contributed by atoms with Gasteiger partial charge in [0.1, 0.15) is 5.02 Å². The van der Waals surface area contributed by atoms with Crippen LogP contribution in [0, 0.1) is 0 Å². The summed E-state index contributed by atoms with van der Waals surface area (Å²) >= 11 is 7.48. The summed E-state index contributed by atoms with van der Waals surface area (Å²) in [5, 5.41) is 2.77. The maximum absolute atomic E-state index is 12.7. The van der Waals surface area contributed by atoms with Gasteiger partial charge in [0, 0.05) is 36.8 Å². The Kier molecular flexibility index (Phi) is 5.67. The number of ether oxygens (including phenoxy) is 1. The summed E-state index contributed by atoms with van der Waals surface area (Å²) in [5.74, 6) is -0.423. The van der Waals surface area contributed by atoms with Gasteiger partial charge < -0.3 is 9.64 Å². The first kappa shape index (κ1) is 18.9. The molecule has 1 atom stereocenters. The molecule has 2 aromatic heterocycles. The molecule has 1 saturated heterocycles. The van der Waals surface area contributed by atoms with E-state index >= 15 is 0 Å². The smallest absolute Gasteiger partial charge is 0.422 e. The van der Waals surface area contributed by atoms with Gasteiger partial charge in [-0.25, -0.2) is 9.97 Å². The average Bonchev–Trinajstić information content (AvgIpc) is 3.14. The standard InChI is InChI=1S/C16H15ClF3N3O2S/c17-12-6-11(7-22-13(12)25-9-16(18,19)20)15(24)23-4-1-2-10(8-23)14-21-3-5-26-14/h3,5-7,10H,1-2,4,8-9H2. The molecule has 26 heavy (non-hydrogen) atoms. The van der Waals surface area contributed by atoms with E-state index in [9.17, 15) is 18.0 Å². The van der Waals surface area contributed by atoms with Crippen molar-refractivity contribution < 1.29 is 22.7 Å². The van der Waals surface area contributed by atoms with E-state index in [1.54, 1.807) is 22.4 Å². The van der Waals surface area contributed by atoms with Gasteiger partial charge >= 0.3 is 6.18 Å². The minimum Gasteiger partial charge on any atom is -0.467 e. The van der Waals surface area contributed by atoms with E-state index < -0.39 is 12.8 Å². The maximum Gasteiger partial charge on any atom is 0.422 e. The monoisotopic (exact) mass is 405 g/mol. The number of pyridine rings is 1. The number of nitrogens with zero attached hydrogens (tertiary/aromatic N) is 3. The summed E-state index contributed by atoms with van der Waals surface area (Å²) in [6.07, 6.45) is 0.250. The summed E-state index contributed by atoms with van der Waals surface area (Å²) in [5.41, 5.74) is 0.217. The van der Waals surface area contributed by atoms with Gasteiger partial charge in [-0.05, 0) is 18.9 Å². The predicted octanol–water partition coefficient (Wildman–Crippen LogP) is 4.15. The number of rotatable bonds is 4. The van der Waals surface area contributed by atoms with E-state index in [1.165, 1.54) is 12.3 Å². The Morgan fingerprint density at radius 1 is 1.42 bits per heavy atom. The highest BCUT2D eigenvalue weighted by Crippen LogP contribution is 2.30. The number of piperidine rings is 1. The molecular formula is C16H15ClF3N3O2S. The molecule has 140 valence electrons. The summed E-state index contributed by atoms with van der Waals surface area (Å²) in [6.45, 7) is -0.352. The average molecular weight is 406 g/mol. The molecule has 0 N–H and O–H groups in total. The molecule has 5 nitrogen and oxygen atoms in total. The molecule has 0 spiro atoms. The van der Waals surface area contributed by atoms with Crippen LogP contribution in [0.15, 0.2) is 23.8 Å². The highest BCUT2D eigenvalue weighted by atomic mass is 35.5. The SMILES string of the molecule is O=C(c1cnc(OCC(F)(F)F)c(Cl)c1)N1CCCC(c2nccs2)C1. The predicted molar refractivity (Wildman–Crippen MR) is 90.8 cm³/mol. The summed E-state index contributed by atoms with van der Waals surface area (Å²) in [6, 6.07) is 1.29. The van der Waals surface area contributed by atoms with Crippen molar-refractivity contribution >= 4 is 28.8 Å². The second-order valence-corrected chi connectivity index (χ2v) is 7.21. The molecule has 0 saturated carbocycles. The first-order valence-corrected chi connectivity index (χ1v) is 9.13. The van der Waals surface area contributed by atoms with Gasteiger partial charge in [-0.15, -0.1) is 11.3 Å². The number of carbonyl (C=O) groups excluding carboxylic acids is 1. The summed E-state index contributed by atoms with van der Waals surface area (Å²) < 4.78 is 41.2. The van der Waals surface area contributed by atoms with Crippen LogP contribution in [0.5, 0.6) is 5.88 Å². The fourth-order valence-electron chi connectivity index (χ4n) is 2.78. The molecule has 0 aromatic carbocycles. The molecule has 1 fully saturated rings. The van der Waals surface area contributed by atoms with E-state index in [4.69, 9.17) is 11.6 Å². The maximum atomic E-state index is 12.7. The number of alkyl halides is 3. The van der Waals surface area contributed by atoms with Crippen molar-refractivity contribution in [1.82, 2.24) is 14.9 Å². The normalized spacial score (nSPS) is 18.0. The second-order valence-electron chi connectivity index (χ2n) is 5.88. The van der Waals surface area contributed by atoms with Crippen molar-refractivity contribution in [2.45, 2.75) is 24.9 Å². The lowest BCUT2D eigenvalue weighted by atomic mass is 9.98. The van der Waals surface area contributed by atoms with Gasteiger partial charge in [0.2, 0.25) is 5.88 Å². The van der Waals surface area contributed by atoms with Crippen LogP contribution in [0.1, 0.15) is 34.1 Å². The molecule has 1 aliphatic heterocycles. The molecule has 3 rings (SSSR count). The lowest BCUT2D eigenvalue weighted by Crippen LogP contribution is -2.39. The third kappa shape index (κ3) is 4.64. The van der Waals surface area contributed by atoms with Crippen molar-refractivity contribution in [3.8, 4) is 5.88 Å². The van der Waals surface area contributed by atoms with Crippen LogP contribution in [0.2, 0.25) is 5.02 Å². The summed E-state index contributed by atoms with van der Waals surface area (Å²) in [4.78, 5) is 22.4. The van der Waals surface area contributed by atoms with Crippen LogP contribution in [-0.2, 0) is 0 Å². The Morgan fingerprint density at radius 2 is 2.23 bits per heavy atom. The molecular weight excluding hydrogens is 391 g/mol.